The summed E-state index contributed by atoms with van der Waals surface area (Å²) in [4.78, 5) is 28.1. The minimum absolute atomic E-state index is 0.00212. The number of aryl methyl sites for hydroxylation is 1. The van der Waals surface area contributed by atoms with E-state index in [4.69, 9.17) is 4.52 Å². The van der Waals surface area contributed by atoms with Gasteiger partial charge in [-0.25, -0.2) is 0 Å². The Morgan fingerprint density at radius 3 is 2.48 bits per heavy atom. The number of nitrogens with zero attached hydrogens (tertiary/aromatic N) is 4. The van der Waals surface area contributed by atoms with Crippen molar-refractivity contribution >= 4 is 11.6 Å². The van der Waals surface area contributed by atoms with E-state index < -0.39 is 4.92 Å². The lowest BCUT2D eigenvalue weighted by Crippen LogP contribution is -2.30. The Morgan fingerprint density at radius 1 is 1.26 bits per heavy atom. The summed E-state index contributed by atoms with van der Waals surface area (Å²) >= 11 is 0. The van der Waals surface area contributed by atoms with Gasteiger partial charge in [0.05, 0.1) is 4.92 Å². The molecule has 0 aliphatic carbocycles. The fraction of sp³-hybridized carbons (Fsp3) is 0.400. The molecule has 0 atom stereocenters. The zero-order valence-corrected chi connectivity index (χ0v) is 13.1. The van der Waals surface area contributed by atoms with Gasteiger partial charge in [-0.05, 0) is 26.0 Å². The van der Waals surface area contributed by atoms with Crippen LogP contribution < -0.4 is 0 Å². The summed E-state index contributed by atoms with van der Waals surface area (Å²) in [6, 6.07) is 5.90. The van der Waals surface area contributed by atoms with Gasteiger partial charge in [0.1, 0.15) is 0 Å². The summed E-state index contributed by atoms with van der Waals surface area (Å²) in [5.41, 5.74) is 0.628. The van der Waals surface area contributed by atoms with E-state index in [0.717, 1.165) is 0 Å². The van der Waals surface area contributed by atoms with E-state index in [9.17, 15) is 14.9 Å². The maximum absolute atomic E-state index is 11.9. The summed E-state index contributed by atoms with van der Waals surface area (Å²) in [5.74, 6) is 0.772. The zero-order valence-electron chi connectivity index (χ0n) is 13.1. The van der Waals surface area contributed by atoms with Crippen molar-refractivity contribution < 1.29 is 14.2 Å². The Hall–Kier alpha value is -2.77. The molecular formula is C15H18N4O4. The first-order chi connectivity index (χ1) is 11.0. The second-order valence-corrected chi connectivity index (χ2v) is 4.88. The monoisotopic (exact) mass is 318 g/mol. The molecule has 2 aromatic rings. The van der Waals surface area contributed by atoms with Gasteiger partial charge in [0.2, 0.25) is 17.6 Å². The average Bonchev–Trinajstić information content (AvgIpc) is 3.03. The van der Waals surface area contributed by atoms with Crippen molar-refractivity contribution in [2.24, 2.45) is 0 Å². The molecule has 8 nitrogen and oxygen atoms in total. The van der Waals surface area contributed by atoms with Gasteiger partial charge >= 0.3 is 0 Å². The molecule has 23 heavy (non-hydrogen) atoms. The molecule has 0 bridgehead atoms. The zero-order chi connectivity index (χ0) is 16.8. The number of aromatic nitrogens is 2. The van der Waals surface area contributed by atoms with Crippen LogP contribution in [0.3, 0.4) is 0 Å². The maximum Gasteiger partial charge on any atom is 0.269 e. The lowest BCUT2D eigenvalue weighted by Gasteiger charge is -2.17. The fourth-order valence-corrected chi connectivity index (χ4v) is 2.15. The van der Waals surface area contributed by atoms with Gasteiger partial charge < -0.3 is 9.42 Å². The molecule has 0 saturated heterocycles. The predicted octanol–water partition coefficient (Wildman–Crippen LogP) is 2.45. The van der Waals surface area contributed by atoms with Gasteiger partial charge in [-0.15, -0.1) is 0 Å². The molecule has 0 aliphatic rings. The summed E-state index contributed by atoms with van der Waals surface area (Å²) in [6.07, 6.45) is 0.679. The second kappa shape index (κ2) is 7.48. The normalized spacial score (nSPS) is 10.5. The summed E-state index contributed by atoms with van der Waals surface area (Å²) < 4.78 is 5.13. The van der Waals surface area contributed by atoms with E-state index in [-0.39, 0.29) is 11.6 Å². The predicted molar refractivity (Wildman–Crippen MR) is 82.6 cm³/mol. The minimum atomic E-state index is -0.468. The van der Waals surface area contributed by atoms with Crippen LogP contribution in [0.15, 0.2) is 28.8 Å². The van der Waals surface area contributed by atoms with E-state index in [1.807, 2.05) is 13.8 Å². The van der Waals surface area contributed by atoms with E-state index >= 15 is 0 Å². The molecule has 2 rings (SSSR count). The van der Waals surface area contributed by atoms with Crippen LogP contribution in [0, 0.1) is 10.1 Å². The van der Waals surface area contributed by atoms with Crippen LogP contribution in [0.1, 0.15) is 26.2 Å². The highest BCUT2D eigenvalue weighted by Gasteiger charge is 2.14. The molecule has 8 heteroatoms. The third-order valence-corrected chi connectivity index (χ3v) is 3.47. The largest absolute Gasteiger partial charge is 0.343 e. The molecule has 0 spiro atoms. The second-order valence-electron chi connectivity index (χ2n) is 4.88. The van der Waals surface area contributed by atoms with Crippen LogP contribution in [-0.4, -0.2) is 39.0 Å². The van der Waals surface area contributed by atoms with Crippen molar-refractivity contribution in [1.82, 2.24) is 15.0 Å². The summed E-state index contributed by atoms with van der Waals surface area (Å²) in [7, 11) is 0. The number of benzene rings is 1. The molecule has 1 amide bonds. The number of non-ortho nitro benzene ring substituents is 1. The van der Waals surface area contributed by atoms with Crippen molar-refractivity contribution in [1.29, 1.82) is 0 Å². The Labute approximate surface area is 133 Å². The quantitative estimate of drug-likeness (QED) is 0.574. The highest BCUT2D eigenvalue weighted by molar-refractivity contribution is 5.76. The van der Waals surface area contributed by atoms with Crippen LogP contribution in [-0.2, 0) is 11.2 Å². The minimum Gasteiger partial charge on any atom is -0.343 e. The van der Waals surface area contributed by atoms with E-state index in [1.54, 1.807) is 17.0 Å². The molecule has 0 radical (unpaired) electrons. The van der Waals surface area contributed by atoms with Crippen LogP contribution in [0.2, 0.25) is 0 Å². The molecule has 1 aromatic carbocycles. The standard InChI is InChI=1S/C15H18N4O4/c1-3-18(4-2)14(20)10-9-13-16-15(17-23-13)11-5-7-12(8-6-11)19(21)22/h5-8H,3-4,9-10H2,1-2H3. The Bertz CT molecular complexity index is 677. The highest BCUT2D eigenvalue weighted by Crippen LogP contribution is 2.20. The van der Waals surface area contributed by atoms with Crippen molar-refractivity contribution in [3.63, 3.8) is 0 Å². The van der Waals surface area contributed by atoms with E-state index in [1.165, 1.54) is 12.1 Å². The van der Waals surface area contributed by atoms with Gasteiger partial charge in [-0.2, -0.15) is 4.98 Å². The Morgan fingerprint density at radius 2 is 1.91 bits per heavy atom. The summed E-state index contributed by atoms with van der Waals surface area (Å²) in [6.45, 7) is 5.21. The average molecular weight is 318 g/mol. The molecule has 122 valence electrons. The van der Waals surface area contributed by atoms with Gasteiger partial charge in [-0.3, -0.25) is 14.9 Å². The van der Waals surface area contributed by atoms with Crippen molar-refractivity contribution in [3.05, 3.63) is 40.3 Å². The van der Waals surface area contributed by atoms with E-state index in [2.05, 4.69) is 10.1 Å². The molecular weight excluding hydrogens is 300 g/mol. The number of hydrogen-bond donors (Lipinski definition) is 0. The third-order valence-electron chi connectivity index (χ3n) is 3.47. The van der Waals surface area contributed by atoms with E-state index in [0.29, 0.717) is 43.2 Å². The number of amides is 1. The topological polar surface area (TPSA) is 102 Å². The van der Waals surface area contributed by atoms with Crippen molar-refractivity contribution in [2.75, 3.05) is 13.1 Å². The maximum atomic E-state index is 11.9. The molecule has 1 aromatic heterocycles. The first-order valence-electron chi connectivity index (χ1n) is 7.40. The number of nitro groups is 1. The van der Waals surface area contributed by atoms with Crippen molar-refractivity contribution in [3.8, 4) is 11.4 Å². The summed E-state index contributed by atoms with van der Waals surface area (Å²) in [5, 5.41) is 14.5. The van der Waals surface area contributed by atoms with Gasteiger partial charge in [0, 0.05) is 43.6 Å². The Balaban J connectivity index is 2.00. The fourth-order valence-electron chi connectivity index (χ4n) is 2.15. The van der Waals surface area contributed by atoms with Gasteiger partial charge in [0.15, 0.2) is 0 Å². The van der Waals surface area contributed by atoms with Crippen LogP contribution in [0.25, 0.3) is 11.4 Å². The lowest BCUT2D eigenvalue weighted by atomic mass is 10.2. The smallest absolute Gasteiger partial charge is 0.269 e. The Kier molecular flexibility index (Phi) is 5.40. The molecule has 0 fully saturated rings. The molecule has 0 aliphatic heterocycles. The lowest BCUT2D eigenvalue weighted by molar-refractivity contribution is -0.384. The molecule has 0 saturated carbocycles. The van der Waals surface area contributed by atoms with Crippen LogP contribution in [0.5, 0.6) is 0 Å². The van der Waals surface area contributed by atoms with Crippen molar-refractivity contribution in [2.45, 2.75) is 26.7 Å². The van der Waals surface area contributed by atoms with Gasteiger partial charge in [0.25, 0.3) is 5.69 Å². The number of nitro benzene ring substituents is 1. The van der Waals surface area contributed by atoms with Crippen LogP contribution >= 0.6 is 0 Å². The number of hydrogen-bond acceptors (Lipinski definition) is 6. The van der Waals surface area contributed by atoms with Crippen LogP contribution in [0.4, 0.5) is 5.69 Å². The molecule has 0 unspecified atom stereocenters. The van der Waals surface area contributed by atoms with Gasteiger partial charge in [-0.1, -0.05) is 5.16 Å². The highest BCUT2D eigenvalue weighted by atomic mass is 16.6. The molecule has 0 N–H and O–H groups in total. The number of rotatable bonds is 7. The first-order valence-corrected chi connectivity index (χ1v) is 7.40. The molecule has 1 heterocycles. The third kappa shape index (κ3) is 4.12. The SMILES string of the molecule is CCN(CC)C(=O)CCc1nc(-c2ccc([N+](=O)[O-])cc2)no1. The number of carbonyl (C=O) groups excluding carboxylic acids is 1. The first kappa shape index (κ1) is 16.6. The number of carbonyl (C=O) groups is 1.